The minimum Gasteiger partial charge on any atom is -0.481 e. The fourth-order valence-electron chi connectivity index (χ4n) is 2.06. The molecular formula is C12H18N2O2. The topological polar surface area (TPSA) is 45.6 Å². The maximum Gasteiger partial charge on any atom is 0.212 e. The van der Waals surface area contributed by atoms with Gasteiger partial charge in [-0.3, -0.25) is 4.90 Å². The van der Waals surface area contributed by atoms with Crippen molar-refractivity contribution in [3.8, 4) is 5.88 Å². The first-order chi connectivity index (χ1) is 7.78. The number of aromatic nitrogens is 1. The molecule has 1 fully saturated rings. The molecule has 0 saturated carbocycles. The molecule has 1 aliphatic rings. The molecule has 2 rings (SSSR count). The van der Waals surface area contributed by atoms with Crippen molar-refractivity contribution in [3.63, 3.8) is 0 Å². The van der Waals surface area contributed by atoms with Gasteiger partial charge < -0.3 is 9.84 Å². The molecule has 0 unspecified atom stereocenters. The number of pyridine rings is 1. The molecule has 88 valence electrons. The van der Waals surface area contributed by atoms with Gasteiger partial charge in [-0.1, -0.05) is 6.07 Å². The zero-order chi connectivity index (χ0) is 11.4. The number of hydrogen-bond donors (Lipinski definition) is 1. The molecule has 4 nitrogen and oxygen atoms in total. The first-order valence-electron chi connectivity index (χ1n) is 5.67. The zero-order valence-electron chi connectivity index (χ0n) is 9.59. The lowest BCUT2D eigenvalue weighted by Gasteiger charge is -2.29. The van der Waals surface area contributed by atoms with E-state index >= 15 is 0 Å². The second-order valence-corrected chi connectivity index (χ2v) is 4.24. The van der Waals surface area contributed by atoms with E-state index in [0.29, 0.717) is 5.88 Å². The summed E-state index contributed by atoms with van der Waals surface area (Å²) < 4.78 is 5.01. The van der Waals surface area contributed by atoms with E-state index in [1.54, 1.807) is 7.11 Å². The molecule has 0 bridgehead atoms. The summed E-state index contributed by atoms with van der Waals surface area (Å²) in [5.74, 6) is 0.641. The maximum atomic E-state index is 9.56. The van der Waals surface area contributed by atoms with Gasteiger partial charge in [-0.15, -0.1) is 0 Å². The average molecular weight is 222 g/mol. The second kappa shape index (κ2) is 5.27. The van der Waals surface area contributed by atoms with Crippen LogP contribution in [0.3, 0.4) is 0 Å². The SMILES string of the molecule is COc1ccc(CN2CCC[C@@H](O)C2)cn1. The fourth-order valence-corrected chi connectivity index (χ4v) is 2.06. The number of aliphatic hydroxyl groups excluding tert-OH is 1. The van der Waals surface area contributed by atoms with Gasteiger partial charge in [0.15, 0.2) is 0 Å². The van der Waals surface area contributed by atoms with E-state index in [2.05, 4.69) is 9.88 Å². The summed E-state index contributed by atoms with van der Waals surface area (Å²) in [5, 5.41) is 9.56. The second-order valence-electron chi connectivity index (χ2n) is 4.24. The molecule has 0 amide bonds. The lowest BCUT2D eigenvalue weighted by Crippen LogP contribution is -2.37. The molecule has 0 spiro atoms. The third kappa shape index (κ3) is 2.93. The van der Waals surface area contributed by atoms with E-state index in [1.165, 1.54) is 0 Å². The number of methoxy groups -OCH3 is 1. The molecule has 0 aliphatic carbocycles. The van der Waals surface area contributed by atoms with Gasteiger partial charge in [0.05, 0.1) is 13.2 Å². The molecule has 1 aromatic rings. The van der Waals surface area contributed by atoms with Crippen molar-refractivity contribution in [3.05, 3.63) is 23.9 Å². The van der Waals surface area contributed by atoms with Gasteiger partial charge in [0.2, 0.25) is 5.88 Å². The molecule has 1 atom stereocenters. The minimum atomic E-state index is -0.167. The zero-order valence-corrected chi connectivity index (χ0v) is 9.59. The quantitative estimate of drug-likeness (QED) is 0.830. The monoisotopic (exact) mass is 222 g/mol. The summed E-state index contributed by atoms with van der Waals surface area (Å²) in [6.45, 7) is 2.68. The van der Waals surface area contributed by atoms with Crippen LogP contribution in [0.25, 0.3) is 0 Å². The predicted octanol–water partition coefficient (Wildman–Crippen LogP) is 1.05. The molecule has 4 heteroatoms. The van der Waals surface area contributed by atoms with Crippen LogP contribution >= 0.6 is 0 Å². The average Bonchev–Trinajstić information content (AvgIpc) is 2.30. The van der Waals surface area contributed by atoms with E-state index in [0.717, 1.165) is 38.0 Å². The molecule has 1 aliphatic heterocycles. The third-order valence-corrected chi connectivity index (χ3v) is 2.89. The van der Waals surface area contributed by atoms with Crippen LogP contribution in [-0.2, 0) is 6.54 Å². The van der Waals surface area contributed by atoms with Crippen LogP contribution in [-0.4, -0.2) is 41.3 Å². The number of piperidine rings is 1. The van der Waals surface area contributed by atoms with Crippen molar-refractivity contribution < 1.29 is 9.84 Å². The summed E-state index contributed by atoms with van der Waals surface area (Å²) in [6.07, 6.45) is 3.67. The molecule has 0 aromatic carbocycles. The Morgan fingerprint density at radius 1 is 1.56 bits per heavy atom. The number of β-amino-alcohol motifs (C(OH)–C–C–N with tert-alkyl or cyclic N) is 1. The van der Waals surface area contributed by atoms with Gasteiger partial charge in [0.1, 0.15) is 0 Å². The summed E-state index contributed by atoms with van der Waals surface area (Å²) in [5.41, 5.74) is 1.16. The van der Waals surface area contributed by atoms with Crippen LogP contribution in [0.2, 0.25) is 0 Å². The van der Waals surface area contributed by atoms with Crippen LogP contribution < -0.4 is 4.74 Å². The highest BCUT2D eigenvalue weighted by Gasteiger charge is 2.17. The van der Waals surface area contributed by atoms with Gasteiger partial charge in [0, 0.05) is 25.4 Å². The molecule has 16 heavy (non-hydrogen) atoms. The van der Waals surface area contributed by atoms with Crippen molar-refractivity contribution in [2.45, 2.75) is 25.5 Å². The first kappa shape index (κ1) is 11.4. The van der Waals surface area contributed by atoms with Crippen LogP contribution in [0.4, 0.5) is 0 Å². The van der Waals surface area contributed by atoms with Crippen molar-refractivity contribution in [1.29, 1.82) is 0 Å². The summed E-state index contributed by atoms with van der Waals surface area (Å²) in [7, 11) is 1.61. The van der Waals surface area contributed by atoms with Gasteiger partial charge in [-0.25, -0.2) is 4.98 Å². The molecular weight excluding hydrogens is 204 g/mol. The smallest absolute Gasteiger partial charge is 0.212 e. The van der Waals surface area contributed by atoms with E-state index in [4.69, 9.17) is 4.74 Å². The molecule has 0 radical (unpaired) electrons. The third-order valence-electron chi connectivity index (χ3n) is 2.89. The number of rotatable bonds is 3. The van der Waals surface area contributed by atoms with Crippen LogP contribution in [0.5, 0.6) is 5.88 Å². The Morgan fingerprint density at radius 3 is 3.06 bits per heavy atom. The highest BCUT2D eigenvalue weighted by molar-refractivity contribution is 5.17. The van der Waals surface area contributed by atoms with E-state index < -0.39 is 0 Å². The Kier molecular flexibility index (Phi) is 3.74. The number of aliphatic hydroxyl groups is 1. The van der Waals surface area contributed by atoms with Crippen LogP contribution in [0.1, 0.15) is 18.4 Å². The Balaban J connectivity index is 1.92. The molecule has 2 heterocycles. The Bertz CT molecular complexity index is 326. The van der Waals surface area contributed by atoms with Crippen molar-refractivity contribution >= 4 is 0 Å². The lowest BCUT2D eigenvalue weighted by atomic mass is 10.1. The Labute approximate surface area is 95.9 Å². The lowest BCUT2D eigenvalue weighted by molar-refractivity contribution is 0.0668. The van der Waals surface area contributed by atoms with Crippen LogP contribution in [0, 0.1) is 0 Å². The predicted molar refractivity (Wildman–Crippen MR) is 61.3 cm³/mol. The maximum absolute atomic E-state index is 9.56. The van der Waals surface area contributed by atoms with E-state index in [1.807, 2.05) is 18.3 Å². The summed E-state index contributed by atoms with van der Waals surface area (Å²) in [4.78, 5) is 6.43. The Hall–Kier alpha value is -1.13. The number of ether oxygens (including phenoxy) is 1. The van der Waals surface area contributed by atoms with Crippen molar-refractivity contribution in [1.82, 2.24) is 9.88 Å². The first-order valence-corrected chi connectivity index (χ1v) is 5.67. The van der Waals surface area contributed by atoms with Crippen molar-refractivity contribution in [2.24, 2.45) is 0 Å². The molecule has 1 aromatic heterocycles. The summed E-state index contributed by atoms with van der Waals surface area (Å²) in [6, 6.07) is 3.89. The highest BCUT2D eigenvalue weighted by Crippen LogP contribution is 2.14. The number of nitrogens with zero attached hydrogens (tertiary/aromatic N) is 2. The van der Waals surface area contributed by atoms with E-state index in [9.17, 15) is 5.11 Å². The van der Waals surface area contributed by atoms with Gasteiger partial charge in [-0.2, -0.15) is 0 Å². The highest BCUT2D eigenvalue weighted by atomic mass is 16.5. The van der Waals surface area contributed by atoms with E-state index in [-0.39, 0.29) is 6.10 Å². The largest absolute Gasteiger partial charge is 0.481 e. The van der Waals surface area contributed by atoms with Gasteiger partial charge in [0.25, 0.3) is 0 Å². The van der Waals surface area contributed by atoms with Gasteiger partial charge in [-0.05, 0) is 24.9 Å². The van der Waals surface area contributed by atoms with Gasteiger partial charge >= 0.3 is 0 Å². The standard InChI is InChI=1S/C12H18N2O2/c1-16-12-5-4-10(7-13-12)8-14-6-2-3-11(15)9-14/h4-5,7,11,15H,2-3,6,8-9H2,1H3/t11-/m1/s1. The van der Waals surface area contributed by atoms with Crippen molar-refractivity contribution in [2.75, 3.05) is 20.2 Å². The Morgan fingerprint density at radius 2 is 2.44 bits per heavy atom. The minimum absolute atomic E-state index is 0.167. The number of hydrogen-bond acceptors (Lipinski definition) is 4. The normalized spacial score (nSPS) is 22.0. The summed E-state index contributed by atoms with van der Waals surface area (Å²) >= 11 is 0. The fraction of sp³-hybridized carbons (Fsp3) is 0.583. The molecule has 1 N–H and O–H groups in total. The molecule has 1 saturated heterocycles. The van der Waals surface area contributed by atoms with Crippen LogP contribution in [0.15, 0.2) is 18.3 Å². The number of likely N-dealkylation sites (tertiary alicyclic amines) is 1.